The summed E-state index contributed by atoms with van der Waals surface area (Å²) >= 11 is 0. The van der Waals surface area contributed by atoms with Gasteiger partial charge in [-0.05, 0) is 38.8 Å². The van der Waals surface area contributed by atoms with E-state index < -0.39 is 65.9 Å². The highest BCUT2D eigenvalue weighted by Crippen LogP contribution is 2.22. The number of aliphatic hydroxyl groups is 1. The van der Waals surface area contributed by atoms with Crippen molar-refractivity contribution in [3.63, 3.8) is 0 Å². The third-order valence-electron chi connectivity index (χ3n) is 5.75. The predicted molar refractivity (Wildman–Crippen MR) is 119 cm³/mol. The number of ketones is 1. The molecule has 1 aliphatic heterocycles. The quantitative estimate of drug-likeness (QED) is 0.337. The van der Waals surface area contributed by atoms with E-state index in [1.165, 1.54) is 19.9 Å². The molecular weight excluding hydrogens is 469 g/mol. The first-order chi connectivity index (χ1) is 16.4. The number of benzene rings is 1. The second-order valence-corrected chi connectivity index (χ2v) is 9.18. The van der Waals surface area contributed by atoms with Gasteiger partial charge in [-0.3, -0.25) is 19.2 Å². The molecule has 0 spiro atoms. The van der Waals surface area contributed by atoms with Gasteiger partial charge in [0.25, 0.3) is 5.91 Å². The highest BCUT2D eigenvalue weighted by molar-refractivity contribution is 6.01. The van der Waals surface area contributed by atoms with Crippen LogP contribution in [0, 0.1) is 17.6 Å². The lowest BCUT2D eigenvalue weighted by atomic mass is 9.94. The maximum absolute atomic E-state index is 14.5. The zero-order valence-electron chi connectivity index (χ0n) is 19.2. The summed E-state index contributed by atoms with van der Waals surface area (Å²) in [6.07, 6.45) is -0.0968. The molecule has 1 aliphatic rings. The number of nitrogens with one attached hydrogen (secondary N) is 4. The van der Waals surface area contributed by atoms with Gasteiger partial charge in [0, 0.05) is 30.3 Å². The van der Waals surface area contributed by atoms with E-state index in [1.807, 2.05) is 0 Å². The molecule has 0 bridgehead atoms. The van der Waals surface area contributed by atoms with Gasteiger partial charge in [-0.15, -0.1) is 0 Å². The molecule has 2 heterocycles. The molecule has 5 N–H and O–H groups in total. The van der Waals surface area contributed by atoms with Crippen LogP contribution in [-0.4, -0.2) is 64.5 Å². The molecule has 3 amide bonds. The number of carbonyl (C=O) groups excluding carboxylic acids is 4. The maximum atomic E-state index is 14.5. The summed E-state index contributed by atoms with van der Waals surface area (Å²) < 4.78 is 41.9. The number of Topliss-reactive ketones (excluding diaryl/α,β-unsaturated/α-hetero) is 1. The Morgan fingerprint density at radius 1 is 1.17 bits per heavy atom. The number of hydrogen-bond donors (Lipinski definition) is 5. The van der Waals surface area contributed by atoms with Crippen LogP contribution in [0.15, 0.2) is 18.2 Å². The first kappa shape index (κ1) is 26.2. The summed E-state index contributed by atoms with van der Waals surface area (Å²) in [5.41, 5.74) is -2.22. The number of hydrogen-bond acceptors (Lipinski definition) is 5. The minimum atomic E-state index is -1.91. The van der Waals surface area contributed by atoms with Gasteiger partial charge >= 0.3 is 0 Å². The first-order valence-corrected chi connectivity index (χ1v) is 11.1. The predicted octanol–water partition coefficient (Wildman–Crippen LogP) is 1.26. The number of carbonyl (C=O) groups is 4. The van der Waals surface area contributed by atoms with Crippen LogP contribution in [0.5, 0.6) is 0 Å². The van der Waals surface area contributed by atoms with E-state index in [1.54, 1.807) is 0 Å². The van der Waals surface area contributed by atoms with E-state index in [9.17, 15) is 37.5 Å². The van der Waals surface area contributed by atoms with E-state index in [2.05, 4.69) is 20.9 Å². The molecule has 1 aromatic heterocycles. The zero-order chi connectivity index (χ0) is 25.9. The van der Waals surface area contributed by atoms with Gasteiger partial charge < -0.3 is 26.0 Å². The van der Waals surface area contributed by atoms with Gasteiger partial charge in [0.1, 0.15) is 35.6 Å². The molecule has 0 radical (unpaired) electrons. The minimum Gasteiger partial charge on any atom is -0.389 e. The molecule has 35 heavy (non-hydrogen) atoms. The lowest BCUT2D eigenvalue weighted by molar-refractivity contribution is -0.132. The fourth-order valence-electron chi connectivity index (χ4n) is 4.03. The number of halogens is 3. The van der Waals surface area contributed by atoms with Crippen molar-refractivity contribution in [2.75, 3.05) is 13.2 Å². The van der Waals surface area contributed by atoms with Crippen molar-refractivity contribution in [3.05, 3.63) is 35.5 Å². The molecule has 1 aromatic carbocycles. The van der Waals surface area contributed by atoms with Gasteiger partial charge in [0.05, 0.1) is 11.6 Å². The van der Waals surface area contributed by atoms with Crippen LogP contribution < -0.4 is 16.0 Å². The fraction of sp³-hybridized carbons (Fsp3) is 0.478. The molecule has 0 unspecified atom stereocenters. The number of aliphatic hydroxyl groups excluding tert-OH is 1. The van der Waals surface area contributed by atoms with E-state index in [-0.39, 0.29) is 28.9 Å². The Labute approximate surface area is 198 Å². The third-order valence-corrected chi connectivity index (χ3v) is 5.75. The van der Waals surface area contributed by atoms with Crippen LogP contribution in [-0.2, 0) is 14.4 Å². The van der Waals surface area contributed by atoms with E-state index in [0.29, 0.717) is 19.0 Å². The largest absolute Gasteiger partial charge is 0.389 e. The highest BCUT2D eigenvalue weighted by atomic mass is 19.1. The van der Waals surface area contributed by atoms with Gasteiger partial charge in [0.15, 0.2) is 5.78 Å². The second kappa shape index (κ2) is 10.5. The average molecular weight is 496 g/mol. The summed E-state index contributed by atoms with van der Waals surface area (Å²) in [6, 6.07) is 0.162. The molecule has 1 fully saturated rings. The molecule has 1 saturated heterocycles. The van der Waals surface area contributed by atoms with Crippen LogP contribution in [0.3, 0.4) is 0 Å². The minimum absolute atomic E-state index is 0.0660. The second-order valence-electron chi connectivity index (χ2n) is 9.18. The number of amides is 3. The average Bonchev–Trinajstić information content (AvgIpc) is 3.37. The Kier molecular flexibility index (Phi) is 7.83. The van der Waals surface area contributed by atoms with E-state index >= 15 is 0 Å². The van der Waals surface area contributed by atoms with Crippen LogP contribution >= 0.6 is 0 Å². The first-order valence-electron chi connectivity index (χ1n) is 11.1. The van der Waals surface area contributed by atoms with Gasteiger partial charge in [-0.25, -0.2) is 13.2 Å². The van der Waals surface area contributed by atoms with Crippen molar-refractivity contribution < 1.29 is 37.5 Å². The fourth-order valence-corrected chi connectivity index (χ4v) is 4.03. The molecule has 0 aliphatic carbocycles. The molecular formula is C23H27F3N4O5. The highest BCUT2D eigenvalue weighted by Gasteiger charge is 2.35. The number of fused-ring (bicyclic) bond motifs is 1. The van der Waals surface area contributed by atoms with Crippen LogP contribution in [0.1, 0.15) is 43.6 Å². The Balaban J connectivity index is 1.79. The lowest BCUT2D eigenvalue weighted by Gasteiger charge is -2.26. The Bertz CT molecular complexity index is 1140. The normalized spacial score (nSPS) is 17.7. The molecule has 190 valence electrons. The van der Waals surface area contributed by atoms with Crippen molar-refractivity contribution >= 4 is 34.4 Å². The van der Waals surface area contributed by atoms with Crippen molar-refractivity contribution in [2.45, 2.75) is 50.9 Å². The molecule has 12 heteroatoms. The smallest absolute Gasteiger partial charge is 0.268 e. The molecule has 3 rings (SSSR count). The number of aromatic amines is 1. The van der Waals surface area contributed by atoms with Crippen molar-refractivity contribution in [1.29, 1.82) is 0 Å². The number of rotatable bonds is 10. The summed E-state index contributed by atoms with van der Waals surface area (Å²) in [5.74, 6) is -5.12. The number of aromatic nitrogens is 1. The topological polar surface area (TPSA) is 140 Å². The molecule has 0 saturated carbocycles. The third kappa shape index (κ3) is 6.59. The summed E-state index contributed by atoms with van der Waals surface area (Å²) in [4.78, 5) is 52.4. The Morgan fingerprint density at radius 2 is 1.89 bits per heavy atom. The zero-order valence-corrected chi connectivity index (χ0v) is 19.2. The lowest BCUT2D eigenvalue weighted by Crippen LogP contribution is -2.54. The van der Waals surface area contributed by atoms with Crippen molar-refractivity contribution in [3.8, 4) is 0 Å². The summed E-state index contributed by atoms with van der Waals surface area (Å²) in [7, 11) is 0. The van der Waals surface area contributed by atoms with E-state index in [0.717, 1.165) is 6.07 Å². The van der Waals surface area contributed by atoms with Crippen LogP contribution in [0.2, 0.25) is 0 Å². The molecule has 2 aromatic rings. The molecule has 9 nitrogen and oxygen atoms in total. The van der Waals surface area contributed by atoms with Gasteiger partial charge in [-0.2, -0.15) is 0 Å². The SMILES string of the molecule is CC(C)(F)C[C@H](NC(=O)c1cc2cc(F)cc(F)c2[nH]1)C(=O)N[C@@H](C[C@@H]1CCNC1=O)C(=O)CO. The van der Waals surface area contributed by atoms with Crippen molar-refractivity contribution in [1.82, 2.24) is 20.9 Å². The maximum Gasteiger partial charge on any atom is 0.268 e. The monoisotopic (exact) mass is 496 g/mol. The summed E-state index contributed by atoms with van der Waals surface area (Å²) in [5, 5.41) is 16.8. The van der Waals surface area contributed by atoms with Crippen LogP contribution in [0.25, 0.3) is 10.9 Å². The number of H-pyrrole nitrogens is 1. The number of alkyl halides is 1. The van der Waals surface area contributed by atoms with Gasteiger partial charge in [0.2, 0.25) is 11.8 Å². The van der Waals surface area contributed by atoms with Gasteiger partial charge in [-0.1, -0.05) is 0 Å². The Hall–Kier alpha value is -3.41. The summed E-state index contributed by atoms with van der Waals surface area (Å²) in [6.45, 7) is 1.92. The van der Waals surface area contributed by atoms with E-state index in [4.69, 9.17) is 0 Å². The van der Waals surface area contributed by atoms with Crippen molar-refractivity contribution in [2.24, 2.45) is 5.92 Å². The Morgan fingerprint density at radius 3 is 2.49 bits per heavy atom. The molecule has 3 atom stereocenters. The standard InChI is InChI=1S/C23H27F3N4O5/c1-23(2,26)9-17(22(35)29-15(18(32)10-31)6-11-3-4-27-20(11)33)30-21(34)16-7-12-5-13(24)8-14(25)19(12)28-16/h5,7-8,11,15,17,28,31H,3-4,6,9-10H2,1-2H3,(H,27,33)(H,29,35)(H,30,34)/t11-,15-,17-/m0/s1. The van der Waals surface area contributed by atoms with Crippen LogP contribution in [0.4, 0.5) is 13.2 Å².